The summed E-state index contributed by atoms with van der Waals surface area (Å²) in [6.07, 6.45) is 1.69. The monoisotopic (exact) mass is 471 g/mol. The highest BCUT2D eigenvalue weighted by Gasteiger charge is 2.39. The standard InChI is InChI=1S/C25H33N3O4S/c1-25(2,3)20-12-14-21(15-13-20)33(31,32)28-18-7-11-22(28)24(30)27-17-8-16-26-23(29)19-9-5-4-6-10-19/h4-6,9-10,12-15,22H,7-8,11,16-18H2,1-3H3,(H,26,29)(H,27,30)/t22-/m1/s1. The smallest absolute Gasteiger partial charge is 0.251 e. The fourth-order valence-corrected chi connectivity index (χ4v) is 5.52. The van der Waals surface area contributed by atoms with Crippen molar-refractivity contribution < 1.29 is 18.0 Å². The number of amides is 2. The molecule has 0 radical (unpaired) electrons. The van der Waals surface area contributed by atoms with Gasteiger partial charge in [-0.1, -0.05) is 51.1 Å². The molecule has 0 aliphatic carbocycles. The van der Waals surface area contributed by atoms with E-state index in [9.17, 15) is 18.0 Å². The number of hydrogen-bond donors (Lipinski definition) is 2. The summed E-state index contributed by atoms with van der Waals surface area (Å²) >= 11 is 0. The molecule has 2 amide bonds. The van der Waals surface area contributed by atoms with Crippen LogP contribution in [0.25, 0.3) is 0 Å². The van der Waals surface area contributed by atoms with E-state index in [1.807, 2.05) is 18.2 Å². The van der Waals surface area contributed by atoms with E-state index in [4.69, 9.17) is 0 Å². The first-order valence-electron chi connectivity index (χ1n) is 11.3. The van der Waals surface area contributed by atoms with Crippen molar-refractivity contribution in [3.05, 3.63) is 65.7 Å². The molecule has 0 bridgehead atoms. The van der Waals surface area contributed by atoms with Crippen LogP contribution in [0, 0.1) is 0 Å². The summed E-state index contributed by atoms with van der Waals surface area (Å²) in [6, 6.07) is 15.1. The van der Waals surface area contributed by atoms with Gasteiger partial charge in [0.15, 0.2) is 0 Å². The number of nitrogens with zero attached hydrogens (tertiary/aromatic N) is 1. The van der Waals surface area contributed by atoms with Crippen LogP contribution in [0.1, 0.15) is 56.0 Å². The molecule has 1 heterocycles. The van der Waals surface area contributed by atoms with E-state index in [1.165, 1.54) is 4.31 Å². The van der Waals surface area contributed by atoms with E-state index >= 15 is 0 Å². The molecule has 2 aromatic carbocycles. The molecular weight excluding hydrogens is 438 g/mol. The van der Waals surface area contributed by atoms with E-state index < -0.39 is 16.1 Å². The molecule has 1 aliphatic heterocycles. The van der Waals surface area contributed by atoms with Crippen LogP contribution in [-0.4, -0.2) is 50.2 Å². The van der Waals surface area contributed by atoms with Crippen molar-refractivity contribution in [1.82, 2.24) is 14.9 Å². The SMILES string of the molecule is CC(C)(C)c1ccc(S(=O)(=O)N2CCC[C@@H]2C(=O)NCCCNC(=O)c2ccccc2)cc1. The highest BCUT2D eigenvalue weighted by molar-refractivity contribution is 7.89. The van der Waals surface area contributed by atoms with E-state index in [0.717, 1.165) is 5.56 Å². The molecule has 1 saturated heterocycles. The predicted molar refractivity (Wildman–Crippen MR) is 128 cm³/mol. The number of benzene rings is 2. The summed E-state index contributed by atoms with van der Waals surface area (Å²) in [7, 11) is -3.76. The second-order valence-corrected chi connectivity index (χ2v) is 11.2. The Morgan fingerprint density at radius 3 is 2.24 bits per heavy atom. The van der Waals surface area contributed by atoms with Crippen molar-refractivity contribution >= 4 is 21.8 Å². The van der Waals surface area contributed by atoms with Crippen LogP contribution in [0.4, 0.5) is 0 Å². The van der Waals surface area contributed by atoms with Gasteiger partial charge < -0.3 is 10.6 Å². The third-order valence-corrected chi connectivity index (χ3v) is 7.73. The molecule has 0 spiro atoms. The maximum absolute atomic E-state index is 13.2. The Balaban J connectivity index is 1.52. The molecule has 0 saturated carbocycles. The summed E-state index contributed by atoms with van der Waals surface area (Å²) in [5, 5.41) is 5.64. The number of nitrogens with one attached hydrogen (secondary N) is 2. The Morgan fingerprint density at radius 2 is 1.61 bits per heavy atom. The summed E-state index contributed by atoms with van der Waals surface area (Å²) in [5.41, 5.74) is 1.57. The lowest BCUT2D eigenvalue weighted by molar-refractivity contribution is -0.124. The average Bonchev–Trinajstić information content (AvgIpc) is 3.30. The fourth-order valence-electron chi connectivity index (χ4n) is 3.86. The molecule has 2 N–H and O–H groups in total. The third kappa shape index (κ3) is 6.21. The Hall–Kier alpha value is -2.71. The van der Waals surface area contributed by atoms with Gasteiger partial charge in [0, 0.05) is 25.2 Å². The normalized spacial score (nSPS) is 17.0. The van der Waals surface area contributed by atoms with E-state index in [0.29, 0.717) is 44.5 Å². The van der Waals surface area contributed by atoms with Gasteiger partial charge in [-0.3, -0.25) is 9.59 Å². The van der Waals surface area contributed by atoms with Gasteiger partial charge >= 0.3 is 0 Å². The molecule has 33 heavy (non-hydrogen) atoms. The molecule has 2 aromatic rings. The van der Waals surface area contributed by atoms with Crippen LogP contribution >= 0.6 is 0 Å². The van der Waals surface area contributed by atoms with E-state index in [2.05, 4.69) is 31.4 Å². The minimum Gasteiger partial charge on any atom is -0.355 e. The zero-order valence-electron chi connectivity index (χ0n) is 19.5. The number of hydrogen-bond acceptors (Lipinski definition) is 4. The Kier molecular flexibility index (Phi) is 7.92. The van der Waals surface area contributed by atoms with Gasteiger partial charge in [-0.2, -0.15) is 4.31 Å². The van der Waals surface area contributed by atoms with Gasteiger partial charge in [-0.05, 0) is 54.5 Å². The van der Waals surface area contributed by atoms with E-state index in [-0.39, 0.29) is 22.1 Å². The molecule has 1 aliphatic rings. The van der Waals surface area contributed by atoms with E-state index in [1.54, 1.807) is 36.4 Å². The third-order valence-electron chi connectivity index (χ3n) is 5.81. The first-order valence-corrected chi connectivity index (χ1v) is 12.8. The Morgan fingerprint density at radius 1 is 0.970 bits per heavy atom. The number of carbonyl (C=O) groups excluding carboxylic acids is 2. The zero-order valence-corrected chi connectivity index (χ0v) is 20.3. The average molecular weight is 472 g/mol. The Labute approximate surface area is 196 Å². The lowest BCUT2D eigenvalue weighted by atomic mass is 9.87. The second-order valence-electron chi connectivity index (χ2n) is 9.31. The maximum Gasteiger partial charge on any atom is 0.251 e. The van der Waals surface area contributed by atoms with Gasteiger partial charge in [-0.25, -0.2) is 8.42 Å². The zero-order chi connectivity index (χ0) is 24.1. The molecule has 7 nitrogen and oxygen atoms in total. The lowest BCUT2D eigenvalue weighted by Gasteiger charge is -2.24. The number of rotatable bonds is 8. The van der Waals surface area contributed by atoms with Crippen LogP contribution in [-0.2, 0) is 20.2 Å². The van der Waals surface area contributed by atoms with Gasteiger partial charge in [0.2, 0.25) is 15.9 Å². The molecular formula is C25H33N3O4S. The van der Waals surface area contributed by atoms with Crippen LogP contribution in [0.15, 0.2) is 59.5 Å². The lowest BCUT2D eigenvalue weighted by Crippen LogP contribution is -2.46. The van der Waals surface area contributed by atoms with Gasteiger partial charge in [0.25, 0.3) is 5.91 Å². The van der Waals surface area contributed by atoms with Crippen molar-refractivity contribution in [3.63, 3.8) is 0 Å². The summed E-state index contributed by atoms with van der Waals surface area (Å²) in [5.74, 6) is -0.454. The van der Waals surface area contributed by atoms with Gasteiger partial charge in [-0.15, -0.1) is 0 Å². The molecule has 0 aromatic heterocycles. The van der Waals surface area contributed by atoms with Crippen molar-refractivity contribution in [3.8, 4) is 0 Å². The molecule has 0 unspecified atom stereocenters. The number of sulfonamides is 1. The highest BCUT2D eigenvalue weighted by Crippen LogP contribution is 2.28. The van der Waals surface area contributed by atoms with Crippen molar-refractivity contribution in [2.24, 2.45) is 0 Å². The number of carbonyl (C=O) groups is 2. The van der Waals surface area contributed by atoms with Crippen LogP contribution in [0.5, 0.6) is 0 Å². The highest BCUT2D eigenvalue weighted by atomic mass is 32.2. The van der Waals surface area contributed by atoms with Crippen LogP contribution in [0.2, 0.25) is 0 Å². The molecule has 1 atom stereocenters. The van der Waals surface area contributed by atoms with Gasteiger partial charge in [0.05, 0.1) is 4.90 Å². The molecule has 178 valence electrons. The minimum atomic E-state index is -3.76. The maximum atomic E-state index is 13.2. The topological polar surface area (TPSA) is 95.6 Å². The quantitative estimate of drug-likeness (QED) is 0.579. The van der Waals surface area contributed by atoms with Crippen molar-refractivity contribution in [2.45, 2.75) is 56.4 Å². The minimum absolute atomic E-state index is 0.0705. The molecule has 1 fully saturated rings. The van der Waals surface area contributed by atoms with Crippen molar-refractivity contribution in [1.29, 1.82) is 0 Å². The fraction of sp³-hybridized carbons (Fsp3) is 0.440. The van der Waals surface area contributed by atoms with Gasteiger partial charge in [0.1, 0.15) is 6.04 Å². The Bertz CT molecular complexity index is 1060. The van der Waals surface area contributed by atoms with Crippen LogP contribution < -0.4 is 10.6 Å². The molecule has 3 rings (SSSR count). The summed E-state index contributed by atoms with van der Waals surface area (Å²) < 4.78 is 27.7. The first kappa shape index (κ1) is 24.9. The molecule has 8 heteroatoms. The predicted octanol–water partition coefficient (Wildman–Crippen LogP) is 3.07. The largest absolute Gasteiger partial charge is 0.355 e. The second kappa shape index (κ2) is 10.5. The van der Waals surface area contributed by atoms with Crippen LogP contribution in [0.3, 0.4) is 0 Å². The van der Waals surface area contributed by atoms with Crippen molar-refractivity contribution in [2.75, 3.05) is 19.6 Å². The first-order chi connectivity index (χ1) is 15.6. The summed E-state index contributed by atoms with van der Waals surface area (Å²) in [4.78, 5) is 25.0. The summed E-state index contributed by atoms with van der Waals surface area (Å²) in [6.45, 7) is 7.33.